The van der Waals surface area contributed by atoms with E-state index in [0.29, 0.717) is 24.4 Å². The summed E-state index contributed by atoms with van der Waals surface area (Å²) in [6.45, 7) is 5.36. The van der Waals surface area contributed by atoms with E-state index in [-0.39, 0.29) is 24.1 Å². The molecule has 0 spiro atoms. The van der Waals surface area contributed by atoms with Crippen molar-refractivity contribution in [2.75, 3.05) is 19.8 Å². The Kier molecular flexibility index (Phi) is 8.64. The zero-order valence-corrected chi connectivity index (χ0v) is 19.1. The molecule has 0 N–H and O–H groups in total. The first-order chi connectivity index (χ1) is 15.5. The van der Waals surface area contributed by atoms with Crippen LogP contribution < -0.4 is 4.74 Å². The van der Waals surface area contributed by atoms with E-state index >= 15 is 0 Å². The van der Waals surface area contributed by atoms with E-state index in [1.54, 1.807) is 13.0 Å². The van der Waals surface area contributed by atoms with Gasteiger partial charge in [0.2, 0.25) is 0 Å². The summed E-state index contributed by atoms with van der Waals surface area (Å²) in [6.07, 6.45) is 9.23. The van der Waals surface area contributed by atoms with Gasteiger partial charge in [-0.15, -0.1) is 0 Å². The maximum absolute atomic E-state index is 13.1. The van der Waals surface area contributed by atoms with E-state index in [9.17, 15) is 14.9 Å². The molecule has 0 aromatic heterocycles. The summed E-state index contributed by atoms with van der Waals surface area (Å²) in [5, 5.41) is 9.53. The summed E-state index contributed by atoms with van der Waals surface area (Å²) >= 11 is 0. The van der Waals surface area contributed by atoms with Gasteiger partial charge in [-0.05, 0) is 55.5 Å². The molecule has 2 aliphatic rings. The fraction of sp³-hybridized carbons (Fsp3) is 0.500. The van der Waals surface area contributed by atoms with Crippen molar-refractivity contribution in [1.82, 2.24) is 4.90 Å². The zero-order chi connectivity index (χ0) is 22.9. The summed E-state index contributed by atoms with van der Waals surface area (Å²) in [5.41, 5.74) is 1.60. The van der Waals surface area contributed by atoms with Crippen molar-refractivity contribution in [3.63, 3.8) is 0 Å². The Hall–Kier alpha value is -2.91. The average Bonchev–Trinajstić information content (AvgIpc) is 3.31. The number of benzene rings is 1. The molecule has 3 rings (SSSR count). The zero-order valence-electron chi connectivity index (χ0n) is 19.1. The predicted molar refractivity (Wildman–Crippen MR) is 123 cm³/mol. The topological polar surface area (TPSA) is 79.6 Å². The summed E-state index contributed by atoms with van der Waals surface area (Å²) < 4.78 is 11.4. The normalized spacial score (nSPS) is 20.2. The van der Waals surface area contributed by atoms with Crippen molar-refractivity contribution in [2.45, 2.75) is 64.9 Å². The first-order valence-electron chi connectivity index (χ1n) is 11.6. The highest BCUT2D eigenvalue weighted by Gasteiger charge is 2.37. The minimum Gasteiger partial charge on any atom is -0.494 e. The minimum atomic E-state index is -0.537. The summed E-state index contributed by atoms with van der Waals surface area (Å²) in [7, 11) is 0. The number of nitriles is 1. The lowest BCUT2D eigenvalue weighted by atomic mass is 9.93. The van der Waals surface area contributed by atoms with Crippen LogP contribution in [0.3, 0.4) is 0 Å². The Morgan fingerprint density at radius 3 is 2.56 bits per heavy atom. The molecular weight excluding hydrogens is 404 g/mol. The Morgan fingerprint density at radius 2 is 1.91 bits per heavy atom. The third kappa shape index (κ3) is 5.86. The quantitative estimate of drug-likeness (QED) is 0.299. The molecule has 170 valence electrons. The number of hydrogen-bond acceptors (Lipinski definition) is 5. The number of amides is 2. The second kappa shape index (κ2) is 11.6. The number of ether oxygens (including phenoxy) is 2. The van der Waals surface area contributed by atoms with Gasteiger partial charge in [0.05, 0.1) is 19.3 Å². The van der Waals surface area contributed by atoms with E-state index in [2.05, 4.69) is 6.92 Å². The van der Waals surface area contributed by atoms with Crippen molar-refractivity contribution in [3.8, 4) is 11.8 Å². The van der Waals surface area contributed by atoms with Crippen LogP contribution in [0.15, 0.2) is 41.0 Å². The molecule has 2 amide bonds. The van der Waals surface area contributed by atoms with E-state index in [1.807, 2.05) is 30.3 Å². The highest BCUT2D eigenvalue weighted by Crippen LogP contribution is 2.28. The third-order valence-electron chi connectivity index (χ3n) is 5.94. The van der Waals surface area contributed by atoms with Crippen molar-refractivity contribution >= 4 is 17.9 Å². The van der Waals surface area contributed by atoms with Crippen LogP contribution >= 0.6 is 0 Å². The lowest BCUT2D eigenvalue weighted by molar-refractivity contribution is -0.142. The van der Waals surface area contributed by atoms with Crippen LogP contribution in [0.4, 0.5) is 0 Å². The van der Waals surface area contributed by atoms with Gasteiger partial charge in [-0.25, -0.2) is 0 Å². The monoisotopic (exact) mass is 436 g/mol. The van der Waals surface area contributed by atoms with Gasteiger partial charge in [0.25, 0.3) is 11.8 Å². The van der Waals surface area contributed by atoms with Gasteiger partial charge in [-0.2, -0.15) is 5.26 Å². The summed E-state index contributed by atoms with van der Waals surface area (Å²) in [4.78, 5) is 27.0. The van der Waals surface area contributed by atoms with Crippen LogP contribution in [-0.4, -0.2) is 42.6 Å². The second-order valence-corrected chi connectivity index (χ2v) is 8.36. The molecule has 1 atom stereocenters. The van der Waals surface area contributed by atoms with E-state index in [1.165, 1.54) is 25.7 Å². The fourth-order valence-corrected chi connectivity index (χ4v) is 4.01. The highest BCUT2D eigenvalue weighted by atomic mass is 16.5. The molecule has 0 saturated carbocycles. The summed E-state index contributed by atoms with van der Waals surface area (Å²) in [5.74, 6) is -0.127. The number of carbonyl (C=O) groups excluding carboxylic acids is 2. The SMILES string of the molecule is CCCCCCCOc1ccc(/C=C2/C(=O)N(CC3CCCO3)C(=O)C(C#N)=C2C)cc1. The van der Waals surface area contributed by atoms with Gasteiger partial charge in [0.1, 0.15) is 17.4 Å². The van der Waals surface area contributed by atoms with Gasteiger partial charge in [0.15, 0.2) is 0 Å². The molecule has 2 heterocycles. The number of hydrogen-bond donors (Lipinski definition) is 0. The number of unbranched alkanes of at least 4 members (excludes halogenated alkanes) is 4. The van der Waals surface area contributed by atoms with Gasteiger partial charge in [0, 0.05) is 12.2 Å². The number of imide groups is 1. The van der Waals surface area contributed by atoms with Crippen LogP contribution in [0.25, 0.3) is 6.08 Å². The molecule has 1 fully saturated rings. The Bertz CT molecular complexity index is 918. The first-order valence-corrected chi connectivity index (χ1v) is 11.6. The third-order valence-corrected chi connectivity index (χ3v) is 5.94. The second-order valence-electron chi connectivity index (χ2n) is 8.36. The van der Waals surface area contributed by atoms with E-state index < -0.39 is 5.91 Å². The van der Waals surface area contributed by atoms with Gasteiger partial charge in [-0.1, -0.05) is 44.7 Å². The van der Waals surface area contributed by atoms with Crippen molar-refractivity contribution < 1.29 is 19.1 Å². The Labute approximate surface area is 190 Å². The van der Waals surface area contributed by atoms with E-state index in [0.717, 1.165) is 35.5 Å². The largest absolute Gasteiger partial charge is 0.494 e. The standard InChI is InChI=1S/C26H32N2O4/c1-3-4-5-6-7-14-31-21-12-10-20(11-13-21)16-23-19(2)24(17-27)26(30)28(25(23)29)18-22-9-8-15-32-22/h10-13,16,22H,3-9,14-15,18H2,1-2H3/b23-16+. The van der Waals surface area contributed by atoms with Gasteiger partial charge in [-0.3, -0.25) is 14.5 Å². The molecule has 32 heavy (non-hydrogen) atoms. The molecule has 0 bridgehead atoms. The molecule has 2 aliphatic heterocycles. The maximum Gasteiger partial charge on any atom is 0.271 e. The van der Waals surface area contributed by atoms with Crippen LogP contribution in [-0.2, 0) is 14.3 Å². The predicted octanol–water partition coefficient (Wildman–Crippen LogP) is 4.81. The van der Waals surface area contributed by atoms with Gasteiger partial charge < -0.3 is 9.47 Å². The number of carbonyl (C=O) groups is 2. The minimum absolute atomic E-state index is 0.0110. The number of rotatable bonds is 10. The molecule has 0 aliphatic carbocycles. The first kappa shape index (κ1) is 23.7. The Morgan fingerprint density at radius 1 is 1.16 bits per heavy atom. The molecular formula is C26H32N2O4. The lowest BCUT2D eigenvalue weighted by Crippen LogP contribution is -2.46. The molecule has 1 saturated heterocycles. The van der Waals surface area contributed by atoms with Crippen molar-refractivity contribution in [1.29, 1.82) is 5.26 Å². The number of nitrogens with zero attached hydrogens (tertiary/aromatic N) is 2. The van der Waals surface area contributed by atoms with Crippen LogP contribution in [0.2, 0.25) is 0 Å². The average molecular weight is 437 g/mol. The van der Waals surface area contributed by atoms with Crippen molar-refractivity contribution in [2.24, 2.45) is 0 Å². The summed E-state index contributed by atoms with van der Waals surface area (Å²) in [6, 6.07) is 9.50. The van der Waals surface area contributed by atoms with Gasteiger partial charge >= 0.3 is 0 Å². The molecule has 1 aromatic rings. The van der Waals surface area contributed by atoms with E-state index in [4.69, 9.17) is 9.47 Å². The molecule has 1 unspecified atom stereocenters. The maximum atomic E-state index is 13.1. The van der Waals surface area contributed by atoms with Crippen LogP contribution in [0.1, 0.15) is 64.4 Å². The molecule has 0 radical (unpaired) electrons. The van der Waals surface area contributed by atoms with Crippen molar-refractivity contribution in [3.05, 3.63) is 46.5 Å². The van der Waals surface area contributed by atoms with Crippen LogP contribution in [0.5, 0.6) is 5.75 Å². The Balaban J connectivity index is 1.71. The highest BCUT2D eigenvalue weighted by molar-refractivity contribution is 6.19. The molecule has 6 heteroatoms. The lowest BCUT2D eigenvalue weighted by Gasteiger charge is -2.29. The molecule has 6 nitrogen and oxygen atoms in total. The molecule has 1 aromatic carbocycles. The fourth-order valence-electron chi connectivity index (χ4n) is 4.01. The van der Waals surface area contributed by atoms with Crippen LogP contribution in [0, 0.1) is 11.3 Å². The smallest absolute Gasteiger partial charge is 0.271 e.